The number of hydrogen-bond acceptors (Lipinski definition) is 5. The summed E-state index contributed by atoms with van der Waals surface area (Å²) in [6.45, 7) is 0.900. The minimum atomic E-state index is -0.387. The highest BCUT2D eigenvalue weighted by Crippen LogP contribution is 2.39. The topological polar surface area (TPSA) is 89.1 Å². The summed E-state index contributed by atoms with van der Waals surface area (Å²) < 4.78 is 15.8. The molecular weight excluding hydrogens is 410 g/mol. The molecular formula is C21H24ClN3O5. The zero-order chi connectivity index (χ0) is 21.7. The van der Waals surface area contributed by atoms with E-state index in [1.165, 1.54) is 21.3 Å². The molecule has 2 aromatic carbocycles. The second kappa shape index (κ2) is 9.58. The Kier molecular flexibility index (Phi) is 6.89. The summed E-state index contributed by atoms with van der Waals surface area (Å²) in [5.74, 6) is 1.35. The van der Waals surface area contributed by atoms with E-state index in [9.17, 15) is 9.59 Å². The van der Waals surface area contributed by atoms with Crippen molar-refractivity contribution in [1.82, 2.24) is 5.32 Å². The number of hydrogen-bond donors (Lipinski definition) is 2. The zero-order valence-electron chi connectivity index (χ0n) is 17.0. The Morgan fingerprint density at radius 3 is 2.30 bits per heavy atom. The maximum absolute atomic E-state index is 12.3. The third kappa shape index (κ3) is 4.88. The minimum absolute atomic E-state index is 0.0128. The molecule has 1 atom stereocenters. The number of halogens is 1. The Balaban J connectivity index is 1.57. The summed E-state index contributed by atoms with van der Waals surface area (Å²) >= 11 is 5.91. The Bertz CT molecular complexity index is 894. The standard InChI is InChI=1S/C21H24ClN3O5/c1-28-17-9-15(10-18(29-2)20(17)30-3)24-21(27)23-11-13-8-19(26)25(12-13)16-6-4-14(22)5-7-16/h4-7,9-10,13H,8,11-12H2,1-3H3,(H2,23,24,27)/t13-/m0/s1. The van der Waals surface area contributed by atoms with E-state index in [0.717, 1.165) is 5.69 Å². The molecule has 3 rings (SSSR count). The van der Waals surface area contributed by atoms with Crippen molar-refractivity contribution in [3.63, 3.8) is 0 Å². The van der Waals surface area contributed by atoms with Crippen LogP contribution in [0.1, 0.15) is 6.42 Å². The van der Waals surface area contributed by atoms with E-state index >= 15 is 0 Å². The third-order valence-electron chi connectivity index (χ3n) is 4.82. The normalized spacial score (nSPS) is 15.7. The highest BCUT2D eigenvalue weighted by molar-refractivity contribution is 6.30. The van der Waals surface area contributed by atoms with Crippen molar-refractivity contribution in [3.05, 3.63) is 41.4 Å². The fourth-order valence-corrected chi connectivity index (χ4v) is 3.48. The summed E-state index contributed by atoms with van der Waals surface area (Å²) in [6, 6.07) is 10.0. The van der Waals surface area contributed by atoms with Crippen molar-refractivity contribution < 1.29 is 23.8 Å². The molecule has 30 heavy (non-hydrogen) atoms. The monoisotopic (exact) mass is 433 g/mol. The number of ether oxygens (including phenoxy) is 3. The molecule has 1 saturated heterocycles. The summed E-state index contributed by atoms with van der Waals surface area (Å²) in [7, 11) is 4.52. The first-order valence-corrected chi connectivity index (χ1v) is 9.73. The van der Waals surface area contributed by atoms with Crippen LogP contribution in [0.25, 0.3) is 0 Å². The van der Waals surface area contributed by atoms with Gasteiger partial charge in [-0.25, -0.2) is 4.79 Å². The van der Waals surface area contributed by atoms with Crippen LogP contribution in [0.3, 0.4) is 0 Å². The molecule has 0 spiro atoms. The first-order valence-electron chi connectivity index (χ1n) is 9.36. The van der Waals surface area contributed by atoms with Crippen LogP contribution in [0.15, 0.2) is 36.4 Å². The highest BCUT2D eigenvalue weighted by Gasteiger charge is 2.30. The van der Waals surface area contributed by atoms with Gasteiger partial charge in [0.1, 0.15) is 0 Å². The van der Waals surface area contributed by atoms with Gasteiger partial charge in [-0.05, 0) is 24.3 Å². The number of rotatable bonds is 7. The van der Waals surface area contributed by atoms with Crippen molar-refractivity contribution >= 4 is 34.9 Å². The van der Waals surface area contributed by atoms with E-state index in [-0.39, 0.29) is 17.9 Å². The van der Waals surface area contributed by atoms with Crippen LogP contribution in [-0.4, -0.2) is 46.4 Å². The van der Waals surface area contributed by atoms with E-state index in [0.29, 0.717) is 47.5 Å². The molecule has 2 aromatic rings. The largest absolute Gasteiger partial charge is 0.493 e. The Morgan fingerprint density at radius 2 is 1.73 bits per heavy atom. The second-order valence-corrected chi connectivity index (χ2v) is 7.24. The van der Waals surface area contributed by atoms with Crippen molar-refractivity contribution in [2.24, 2.45) is 5.92 Å². The number of amides is 3. The Labute approximate surface area is 180 Å². The SMILES string of the molecule is COc1cc(NC(=O)NC[C@@H]2CC(=O)N(c3ccc(Cl)cc3)C2)cc(OC)c1OC. The first-order chi connectivity index (χ1) is 14.4. The second-order valence-electron chi connectivity index (χ2n) is 6.80. The molecule has 0 bridgehead atoms. The van der Waals surface area contributed by atoms with Gasteiger partial charge in [0.15, 0.2) is 11.5 Å². The molecule has 8 nitrogen and oxygen atoms in total. The van der Waals surface area contributed by atoms with Gasteiger partial charge in [0.2, 0.25) is 11.7 Å². The molecule has 0 unspecified atom stereocenters. The number of nitrogens with one attached hydrogen (secondary N) is 2. The quantitative estimate of drug-likeness (QED) is 0.697. The van der Waals surface area contributed by atoms with Gasteiger partial charge < -0.3 is 29.7 Å². The van der Waals surface area contributed by atoms with Gasteiger partial charge in [-0.3, -0.25) is 4.79 Å². The van der Waals surface area contributed by atoms with Gasteiger partial charge >= 0.3 is 6.03 Å². The lowest BCUT2D eigenvalue weighted by molar-refractivity contribution is -0.117. The summed E-state index contributed by atoms with van der Waals surface area (Å²) in [5.41, 5.74) is 1.29. The van der Waals surface area contributed by atoms with Crippen LogP contribution in [0.4, 0.5) is 16.2 Å². The highest BCUT2D eigenvalue weighted by atomic mass is 35.5. The van der Waals surface area contributed by atoms with E-state index in [4.69, 9.17) is 25.8 Å². The number of methoxy groups -OCH3 is 3. The van der Waals surface area contributed by atoms with Crippen molar-refractivity contribution in [2.75, 3.05) is 44.6 Å². The molecule has 0 aliphatic carbocycles. The lowest BCUT2D eigenvalue weighted by Crippen LogP contribution is -2.34. The average molecular weight is 434 g/mol. The molecule has 0 radical (unpaired) electrons. The van der Waals surface area contributed by atoms with Crippen LogP contribution in [0, 0.1) is 5.92 Å². The van der Waals surface area contributed by atoms with Gasteiger partial charge in [-0.2, -0.15) is 0 Å². The number of nitrogens with zero attached hydrogens (tertiary/aromatic N) is 1. The fourth-order valence-electron chi connectivity index (χ4n) is 3.35. The van der Waals surface area contributed by atoms with Crippen molar-refractivity contribution in [2.45, 2.75) is 6.42 Å². The lowest BCUT2D eigenvalue weighted by Gasteiger charge is -2.17. The number of carbonyl (C=O) groups excluding carboxylic acids is 2. The zero-order valence-corrected chi connectivity index (χ0v) is 17.8. The van der Waals surface area contributed by atoms with E-state index in [1.54, 1.807) is 29.2 Å². The summed E-state index contributed by atoms with van der Waals surface area (Å²) in [6.07, 6.45) is 0.368. The average Bonchev–Trinajstić information content (AvgIpc) is 3.12. The molecule has 2 N–H and O–H groups in total. The van der Waals surface area contributed by atoms with Crippen molar-refractivity contribution in [3.8, 4) is 17.2 Å². The van der Waals surface area contributed by atoms with Gasteiger partial charge in [-0.15, -0.1) is 0 Å². The number of urea groups is 1. The molecule has 3 amide bonds. The predicted octanol–water partition coefficient (Wildman–Crippen LogP) is 3.54. The maximum atomic E-state index is 12.3. The van der Waals surface area contributed by atoms with Crippen LogP contribution in [-0.2, 0) is 4.79 Å². The van der Waals surface area contributed by atoms with Crippen LogP contribution < -0.4 is 29.7 Å². The smallest absolute Gasteiger partial charge is 0.319 e. The maximum Gasteiger partial charge on any atom is 0.319 e. The van der Waals surface area contributed by atoms with E-state index in [1.807, 2.05) is 12.1 Å². The minimum Gasteiger partial charge on any atom is -0.493 e. The molecule has 0 saturated carbocycles. The van der Waals surface area contributed by atoms with Crippen LogP contribution in [0.2, 0.25) is 5.02 Å². The first kappa shape index (κ1) is 21.6. The summed E-state index contributed by atoms with van der Waals surface area (Å²) in [5, 5.41) is 6.18. The van der Waals surface area contributed by atoms with Crippen LogP contribution in [0.5, 0.6) is 17.2 Å². The number of anilines is 2. The van der Waals surface area contributed by atoms with Gasteiger partial charge in [0.25, 0.3) is 0 Å². The molecule has 1 aliphatic heterocycles. The number of benzene rings is 2. The van der Waals surface area contributed by atoms with Gasteiger partial charge in [0.05, 0.1) is 27.0 Å². The molecule has 1 aliphatic rings. The molecule has 9 heteroatoms. The van der Waals surface area contributed by atoms with Crippen molar-refractivity contribution in [1.29, 1.82) is 0 Å². The summed E-state index contributed by atoms with van der Waals surface area (Å²) in [4.78, 5) is 26.4. The predicted molar refractivity (Wildman–Crippen MR) is 115 cm³/mol. The lowest BCUT2D eigenvalue weighted by atomic mass is 10.1. The van der Waals surface area contributed by atoms with Gasteiger partial charge in [0, 0.05) is 48.3 Å². The molecule has 1 heterocycles. The third-order valence-corrected chi connectivity index (χ3v) is 5.07. The van der Waals surface area contributed by atoms with E-state index in [2.05, 4.69) is 10.6 Å². The number of carbonyl (C=O) groups is 2. The van der Waals surface area contributed by atoms with E-state index < -0.39 is 0 Å². The Morgan fingerprint density at radius 1 is 1.10 bits per heavy atom. The molecule has 1 fully saturated rings. The molecule has 160 valence electrons. The van der Waals surface area contributed by atoms with Gasteiger partial charge in [-0.1, -0.05) is 11.6 Å². The Hall–Kier alpha value is -3.13. The fraction of sp³-hybridized carbons (Fsp3) is 0.333. The molecule has 0 aromatic heterocycles. The van der Waals surface area contributed by atoms with Crippen LogP contribution >= 0.6 is 11.6 Å².